The Kier molecular flexibility index (Phi) is 6.64. The molecule has 0 radical (unpaired) electrons. The van der Waals surface area contributed by atoms with Crippen LogP contribution in [0.25, 0.3) is 0 Å². The average molecular weight is 447 g/mol. The number of carbonyl (C=O) groups excluding carboxylic acids is 2. The molecule has 1 N–H and O–H groups in total. The summed E-state index contributed by atoms with van der Waals surface area (Å²) in [5.74, 6) is -1.09. The third-order valence-electron chi connectivity index (χ3n) is 5.66. The number of nitrogens with zero attached hydrogens (tertiary/aromatic N) is 2. The SMILES string of the molecule is O=C(NC1CC1)C(c1ccc(F)cc1)N1CCN(C(=O)c2ccccc2OC(F)F)CC1. The molecule has 6 nitrogen and oxygen atoms in total. The molecule has 170 valence electrons. The van der Waals surface area contributed by atoms with Crippen molar-refractivity contribution in [2.24, 2.45) is 0 Å². The highest BCUT2D eigenvalue weighted by atomic mass is 19.3. The van der Waals surface area contributed by atoms with E-state index in [-0.39, 0.29) is 29.1 Å². The minimum atomic E-state index is -3.03. The van der Waals surface area contributed by atoms with E-state index in [1.54, 1.807) is 23.1 Å². The van der Waals surface area contributed by atoms with Gasteiger partial charge in [-0.05, 0) is 42.7 Å². The molecule has 1 saturated heterocycles. The zero-order chi connectivity index (χ0) is 22.7. The van der Waals surface area contributed by atoms with Crippen molar-refractivity contribution >= 4 is 11.8 Å². The lowest BCUT2D eigenvalue weighted by Crippen LogP contribution is -2.52. The van der Waals surface area contributed by atoms with Gasteiger partial charge in [-0.15, -0.1) is 0 Å². The molecule has 0 aromatic heterocycles. The van der Waals surface area contributed by atoms with Crippen molar-refractivity contribution in [1.82, 2.24) is 15.1 Å². The number of benzene rings is 2. The van der Waals surface area contributed by atoms with Crippen molar-refractivity contribution in [3.8, 4) is 5.75 Å². The maximum Gasteiger partial charge on any atom is 0.387 e. The van der Waals surface area contributed by atoms with E-state index in [1.807, 2.05) is 4.90 Å². The second-order valence-corrected chi connectivity index (χ2v) is 7.94. The fraction of sp³-hybridized carbons (Fsp3) is 0.391. The Morgan fingerprint density at radius 2 is 1.62 bits per heavy atom. The summed E-state index contributed by atoms with van der Waals surface area (Å²) in [5, 5.41) is 3.01. The zero-order valence-electron chi connectivity index (χ0n) is 17.3. The van der Waals surface area contributed by atoms with Crippen LogP contribution < -0.4 is 10.1 Å². The Morgan fingerprint density at radius 3 is 2.25 bits per heavy atom. The third-order valence-corrected chi connectivity index (χ3v) is 5.66. The van der Waals surface area contributed by atoms with Crippen LogP contribution in [-0.2, 0) is 4.79 Å². The summed E-state index contributed by atoms with van der Waals surface area (Å²) in [6.07, 6.45) is 1.90. The molecule has 1 unspecified atom stereocenters. The van der Waals surface area contributed by atoms with Gasteiger partial charge in [-0.3, -0.25) is 14.5 Å². The number of halogens is 3. The molecule has 2 aromatic rings. The molecule has 1 saturated carbocycles. The lowest BCUT2D eigenvalue weighted by Gasteiger charge is -2.39. The van der Waals surface area contributed by atoms with E-state index in [9.17, 15) is 22.8 Å². The average Bonchev–Trinajstić information content (AvgIpc) is 3.59. The molecular formula is C23H24F3N3O3. The summed E-state index contributed by atoms with van der Waals surface area (Å²) >= 11 is 0. The first-order chi connectivity index (χ1) is 15.4. The smallest absolute Gasteiger partial charge is 0.387 e. The molecule has 1 aliphatic heterocycles. The fourth-order valence-corrected chi connectivity index (χ4v) is 3.88. The van der Waals surface area contributed by atoms with Crippen LogP contribution in [0.5, 0.6) is 5.75 Å². The highest BCUT2D eigenvalue weighted by molar-refractivity contribution is 5.97. The number of amides is 2. The highest BCUT2D eigenvalue weighted by Crippen LogP contribution is 2.27. The Bertz CT molecular complexity index is 958. The van der Waals surface area contributed by atoms with E-state index in [2.05, 4.69) is 10.1 Å². The van der Waals surface area contributed by atoms with Crippen molar-refractivity contribution in [1.29, 1.82) is 0 Å². The Balaban J connectivity index is 1.46. The van der Waals surface area contributed by atoms with Crippen molar-refractivity contribution in [2.75, 3.05) is 26.2 Å². The van der Waals surface area contributed by atoms with Gasteiger partial charge in [0.25, 0.3) is 5.91 Å². The molecule has 2 fully saturated rings. The quantitative estimate of drug-likeness (QED) is 0.708. The summed E-state index contributed by atoms with van der Waals surface area (Å²) in [4.78, 5) is 29.4. The number of piperazine rings is 1. The molecular weight excluding hydrogens is 423 g/mol. The number of hydrogen-bond donors (Lipinski definition) is 1. The van der Waals surface area contributed by atoms with Crippen LogP contribution in [-0.4, -0.2) is 60.4 Å². The fourth-order valence-electron chi connectivity index (χ4n) is 3.88. The van der Waals surface area contributed by atoms with Crippen LogP contribution in [0.15, 0.2) is 48.5 Å². The van der Waals surface area contributed by atoms with Gasteiger partial charge in [0.15, 0.2) is 0 Å². The van der Waals surface area contributed by atoms with Gasteiger partial charge in [0, 0.05) is 32.2 Å². The van der Waals surface area contributed by atoms with Crippen LogP contribution in [0.3, 0.4) is 0 Å². The molecule has 1 aliphatic carbocycles. The largest absolute Gasteiger partial charge is 0.434 e. The van der Waals surface area contributed by atoms with Crippen LogP contribution in [0.2, 0.25) is 0 Å². The molecule has 32 heavy (non-hydrogen) atoms. The van der Waals surface area contributed by atoms with Crippen LogP contribution in [0.1, 0.15) is 34.8 Å². The van der Waals surface area contributed by atoms with E-state index < -0.39 is 18.6 Å². The minimum Gasteiger partial charge on any atom is -0.434 e. The number of ether oxygens (including phenoxy) is 1. The van der Waals surface area contributed by atoms with Crippen LogP contribution in [0, 0.1) is 5.82 Å². The minimum absolute atomic E-state index is 0.0720. The summed E-state index contributed by atoms with van der Waals surface area (Å²) < 4.78 is 43.3. The van der Waals surface area contributed by atoms with Gasteiger partial charge in [-0.1, -0.05) is 24.3 Å². The summed E-state index contributed by atoms with van der Waals surface area (Å²) in [7, 11) is 0. The predicted molar refractivity (Wildman–Crippen MR) is 111 cm³/mol. The molecule has 1 heterocycles. The first kappa shape index (κ1) is 22.1. The Labute approximate surface area is 183 Å². The van der Waals surface area contributed by atoms with E-state index in [0.29, 0.717) is 31.7 Å². The normalized spacial score (nSPS) is 17.8. The van der Waals surface area contributed by atoms with Gasteiger partial charge in [0.2, 0.25) is 5.91 Å². The number of hydrogen-bond acceptors (Lipinski definition) is 4. The van der Waals surface area contributed by atoms with Gasteiger partial charge in [0.05, 0.1) is 5.56 Å². The predicted octanol–water partition coefficient (Wildman–Crippen LogP) is 3.20. The zero-order valence-corrected chi connectivity index (χ0v) is 17.3. The van der Waals surface area contributed by atoms with Crippen molar-refractivity contribution < 1.29 is 27.5 Å². The maximum atomic E-state index is 13.4. The van der Waals surface area contributed by atoms with Gasteiger partial charge in [0.1, 0.15) is 17.6 Å². The molecule has 2 aromatic carbocycles. The van der Waals surface area contributed by atoms with Gasteiger partial charge >= 0.3 is 6.61 Å². The van der Waals surface area contributed by atoms with Crippen LogP contribution in [0.4, 0.5) is 13.2 Å². The molecule has 0 bridgehead atoms. The molecule has 4 rings (SSSR count). The third kappa shape index (κ3) is 5.21. The van der Waals surface area contributed by atoms with Crippen molar-refractivity contribution in [3.05, 3.63) is 65.5 Å². The lowest BCUT2D eigenvalue weighted by atomic mass is 10.0. The van der Waals surface area contributed by atoms with Crippen molar-refractivity contribution in [3.63, 3.8) is 0 Å². The van der Waals surface area contributed by atoms with E-state index in [0.717, 1.165) is 12.8 Å². The molecule has 2 aliphatic rings. The highest BCUT2D eigenvalue weighted by Gasteiger charge is 2.35. The Hall–Kier alpha value is -3.07. The first-order valence-corrected chi connectivity index (χ1v) is 10.6. The second-order valence-electron chi connectivity index (χ2n) is 7.94. The number of carbonyl (C=O) groups is 2. The van der Waals surface area contributed by atoms with E-state index in [1.165, 1.54) is 30.3 Å². The summed E-state index contributed by atoms with van der Waals surface area (Å²) in [5.41, 5.74) is 0.753. The van der Waals surface area contributed by atoms with Gasteiger partial charge < -0.3 is 15.0 Å². The monoisotopic (exact) mass is 447 g/mol. The lowest BCUT2D eigenvalue weighted by molar-refractivity contribution is -0.127. The van der Waals surface area contributed by atoms with Gasteiger partial charge in [-0.2, -0.15) is 8.78 Å². The number of para-hydroxylation sites is 1. The Morgan fingerprint density at radius 1 is 0.969 bits per heavy atom. The number of nitrogens with one attached hydrogen (secondary N) is 1. The molecule has 9 heteroatoms. The first-order valence-electron chi connectivity index (χ1n) is 10.6. The molecule has 1 atom stereocenters. The topological polar surface area (TPSA) is 61.9 Å². The standard InChI is InChI=1S/C23H24F3N3O3/c24-16-7-5-15(6-8-16)20(21(30)27-17-9-10-17)28-11-13-29(14-12-28)22(31)18-3-1-2-4-19(18)32-23(25)26/h1-8,17,20,23H,9-14H2,(H,27,30). The summed E-state index contributed by atoms with van der Waals surface area (Å²) in [6, 6.07) is 11.3. The maximum absolute atomic E-state index is 13.4. The van der Waals surface area contributed by atoms with Gasteiger partial charge in [-0.25, -0.2) is 4.39 Å². The van der Waals surface area contributed by atoms with E-state index >= 15 is 0 Å². The number of rotatable bonds is 7. The second kappa shape index (κ2) is 9.60. The molecule has 2 amide bonds. The summed E-state index contributed by atoms with van der Waals surface area (Å²) in [6.45, 7) is -1.58. The number of alkyl halides is 2. The van der Waals surface area contributed by atoms with E-state index in [4.69, 9.17) is 0 Å². The van der Waals surface area contributed by atoms with Crippen molar-refractivity contribution in [2.45, 2.75) is 31.5 Å². The van der Waals surface area contributed by atoms with Crippen LogP contribution >= 0.6 is 0 Å². The molecule has 0 spiro atoms.